The van der Waals surface area contributed by atoms with Gasteiger partial charge < -0.3 is 14.9 Å². The molecule has 0 bridgehead atoms. The standard InChI is InChI=1S/C25H21ClO6/c1-14(2)6-10-21(32-22(30)11-7-15-4-3-5-16(26)12-15)17-13-20(29)23-18(27)8-9-19(28)24(23)25(17)31/h3-9,11-13,21,27-28H,10H2,1-2H3/b11-7+/t21-/m1/s1. The second-order valence-corrected chi connectivity index (χ2v) is 7.91. The number of carbonyl (C=O) groups is 3. The molecule has 32 heavy (non-hydrogen) atoms. The van der Waals surface area contributed by atoms with Gasteiger partial charge in [-0.15, -0.1) is 0 Å². The number of phenolic OH excluding ortho intramolecular Hbond substituents is 2. The fraction of sp³-hybridized carbons (Fsp3) is 0.160. The third-order valence-corrected chi connectivity index (χ3v) is 5.02. The zero-order valence-electron chi connectivity index (χ0n) is 17.5. The maximum absolute atomic E-state index is 13.1. The first kappa shape index (κ1) is 23.0. The molecule has 0 saturated heterocycles. The largest absolute Gasteiger partial charge is 0.507 e. The number of phenols is 2. The van der Waals surface area contributed by atoms with E-state index in [4.69, 9.17) is 16.3 Å². The molecule has 0 aliphatic heterocycles. The van der Waals surface area contributed by atoms with Crippen LogP contribution in [-0.4, -0.2) is 33.9 Å². The number of hydrogen-bond donors (Lipinski definition) is 2. The molecular formula is C25H21ClO6. The van der Waals surface area contributed by atoms with Crippen LogP contribution in [0.25, 0.3) is 6.08 Å². The summed E-state index contributed by atoms with van der Waals surface area (Å²) in [5, 5.41) is 20.6. The highest BCUT2D eigenvalue weighted by Crippen LogP contribution is 2.36. The molecule has 0 unspecified atom stereocenters. The maximum atomic E-state index is 13.1. The Labute approximate surface area is 190 Å². The highest BCUT2D eigenvalue weighted by Gasteiger charge is 2.35. The summed E-state index contributed by atoms with van der Waals surface area (Å²) in [5.74, 6) is -2.91. The van der Waals surface area contributed by atoms with Gasteiger partial charge >= 0.3 is 5.97 Å². The number of rotatable bonds is 6. The average molecular weight is 453 g/mol. The van der Waals surface area contributed by atoms with E-state index in [9.17, 15) is 24.6 Å². The number of aromatic hydroxyl groups is 2. The number of benzene rings is 2. The van der Waals surface area contributed by atoms with Crippen LogP contribution >= 0.6 is 11.6 Å². The molecule has 0 amide bonds. The summed E-state index contributed by atoms with van der Waals surface area (Å²) >= 11 is 5.94. The van der Waals surface area contributed by atoms with E-state index in [1.54, 1.807) is 30.3 Å². The van der Waals surface area contributed by atoms with E-state index >= 15 is 0 Å². The van der Waals surface area contributed by atoms with Gasteiger partial charge in [-0.1, -0.05) is 35.4 Å². The van der Waals surface area contributed by atoms with Gasteiger partial charge in [0.25, 0.3) is 0 Å². The minimum atomic E-state index is -1.06. The lowest BCUT2D eigenvalue weighted by atomic mass is 9.85. The number of ketones is 2. The van der Waals surface area contributed by atoms with Crippen molar-refractivity contribution in [3.63, 3.8) is 0 Å². The van der Waals surface area contributed by atoms with Gasteiger partial charge in [0.1, 0.15) is 17.6 Å². The van der Waals surface area contributed by atoms with Crippen molar-refractivity contribution in [3.8, 4) is 11.5 Å². The Kier molecular flexibility index (Phi) is 6.95. The summed E-state index contributed by atoms with van der Waals surface area (Å²) in [6, 6.07) is 9.14. The first-order chi connectivity index (χ1) is 15.2. The molecule has 0 saturated carbocycles. The van der Waals surface area contributed by atoms with E-state index in [1.807, 2.05) is 13.8 Å². The van der Waals surface area contributed by atoms with E-state index in [0.29, 0.717) is 10.6 Å². The van der Waals surface area contributed by atoms with Gasteiger partial charge in [-0.25, -0.2) is 4.79 Å². The molecule has 1 aliphatic carbocycles. The molecule has 0 aromatic heterocycles. The lowest BCUT2D eigenvalue weighted by Crippen LogP contribution is -2.28. The predicted octanol–water partition coefficient (Wildman–Crippen LogP) is 5.04. The highest BCUT2D eigenvalue weighted by molar-refractivity contribution is 6.30. The third-order valence-electron chi connectivity index (χ3n) is 4.79. The van der Waals surface area contributed by atoms with Gasteiger partial charge in [0.05, 0.1) is 11.1 Å². The summed E-state index contributed by atoms with van der Waals surface area (Å²) in [5.41, 5.74) is 0.960. The van der Waals surface area contributed by atoms with E-state index in [-0.39, 0.29) is 23.1 Å². The van der Waals surface area contributed by atoms with Crippen molar-refractivity contribution >= 4 is 35.2 Å². The molecule has 7 heteroatoms. The molecular weight excluding hydrogens is 432 g/mol. The van der Waals surface area contributed by atoms with Crippen molar-refractivity contribution in [2.45, 2.75) is 26.4 Å². The van der Waals surface area contributed by atoms with Crippen LogP contribution in [-0.2, 0) is 9.53 Å². The van der Waals surface area contributed by atoms with Gasteiger partial charge in [0.15, 0.2) is 11.6 Å². The Hall–Kier alpha value is -3.64. The van der Waals surface area contributed by atoms with Crippen molar-refractivity contribution in [3.05, 3.63) is 87.5 Å². The van der Waals surface area contributed by atoms with Gasteiger partial charge in [-0.2, -0.15) is 0 Å². The number of esters is 1. The van der Waals surface area contributed by atoms with Gasteiger partial charge in [-0.3, -0.25) is 9.59 Å². The summed E-state index contributed by atoms with van der Waals surface area (Å²) in [7, 11) is 0. The number of allylic oxidation sites excluding steroid dienone is 2. The molecule has 3 rings (SSSR count). The minimum absolute atomic E-state index is 0.0783. The molecule has 1 atom stereocenters. The second kappa shape index (κ2) is 9.66. The molecule has 6 nitrogen and oxygen atoms in total. The fourth-order valence-electron chi connectivity index (χ4n) is 3.26. The molecule has 1 aliphatic rings. The summed E-state index contributed by atoms with van der Waals surface area (Å²) in [4.78, 5) is 38.2. The van der Waals surface area contributed by atoms with E-state index in [0.717, 1.165) is 23.8 Å². The smallest absolute Gasteiger partial charge is 0.331 e. The van der Waals surface area contributed by atoms with Crippen LogP contribution in [0.1, 0.15) is 46.5 Å². The first-order valence-electron chi connectivity index (χ1n) is 9.80. The van der Waals surface area contributed by atoms with Crippen molar-refractivity contribution in [1.82, 2.24) is 0 Å². The number of hydrogen-bond acceptors (Lipinski definition) is 6. The number of Topliss-reactive ketones (excluding diaryl/α,β-unsaturated/α-hetero) is 1. The Morgan fingerprint density at radius 2 is 1.78 bits per heavy atom. The molecule has 164 valence electrons. The van der Waals surface area contributed by atoms with Crippen molar-refractivity contribution in [2.24, 2.45) is 0 Å². The van der Waals surface area contributed by atoms with E-state index < -0.39 is 35.1 Å². The van der Waals surface area contributed by atoms with Crippen molar-refractivity contribution in [1.29, 1.82) is 0 Å². The number of ether oxygens (including phenoxy) is 1. The number of halogens is 1. The Morgan fingerprint density at radius 3 is 2.44 bits per heavy atom. The Morgan fingerprint density at radius 1 is 1.09 bits per heavy atom. The normalized spacial score (nSPS) is 14.0. The monoisotopic (exact) mass is 452 g/mol. The van der Waals surface area contributed by atoms with E-state index in [1.165, 1.54) is 12.2 Å². The molecule has 0 radical (unpaired) electrons. The van der Waals surface area contributed by atoms with Crippen LogP contribution in [0.4, 0.5) is 0 Å². The van der Waals surface area contributed by atoms with E-state index in [2.05, 4.69) is 0 Å². The van der Waals surface area contributed by atoms with Gasteiger partial charge in [0, 0.05) is 23.1 Å². The Balaban J connectivity index is 1.91. The molecule has 2 aromatic rings. The van der Waals surface area contributed by atoms with Crippen LogP contribution < -0.4 is 0 Å². The number of carbonyl (C=O) groups excluding carboxylic acids is 3. The Bertz CT molecular complexity index is 1180. The summed E-state index contributed by atoms with van der Waals surface area (Å²) in [6.45, 7) is 3.69. The molecule has 0 heterocycles. The maximum Gasteiger partial charge on any atom is 0.331 e. The summed E-state index contributed by atoms with van der Waals surface area (Å²) in [6.07, 6.45) is 4.63. The molecule has 2 aromatic carbocycles. The first-order valence-corrected chi connectivity index (χ1v) is 10.2. The molecule has 2 N–H and O–H groups in total. The zero-order valence-corrected chi connectivity index (χ0v) is 18.2. The van der Waals surface area contributed by atoms with Crippen LogP contribution in [0.15, 0.2) is 65.8 Å². The minimum Gasteiger partial charge on any atom is -0.507 e. The second-order valence-electron chi connectivity index (χ2n) is 7.48. The third kappa shape index (κ3) is 5.15. The molecule has 0 spiro atoms. The zero-order chi connectivity index (χ0) is 23.4. The fourth-order valence-corrected chi connectivity index (χ4v) is 3.46. The lowest BCUT2D eigenvalue weighted by Gasteiger charge is -2.23. The highest BCUT2D eigenvalue weighted by atomic mass is 35.5. The van der Waals surface area contributed by atoms with Crippen molar-refractivity contribution < 1.29 is 29.3 Å². The average Bonchev–Trinajstić information content (AvgIpc) is 2.74. The van der Waals surface area contributed by atoms with Gasteiger partial charge in [-0.05, 0) is 55.8 Å². The quantitative estimate of drug-likeness (QED) is 0.275. The number of fused-ring (bicyclic) bond motifs is 1. The topological polar surface area (TPSA) is 101 Å². The molecule has 0 fully saturated rings. The van der Waals surface area contributed by atoms with Crippen LogP contribution in [0.2, 0.25) is 5.02 Å². The predicted molar refractivity (Wildman–Crippen MR) is 121 cm³/mol. The van der Waals surface area contributed by atoms with Crippen LogP contribution in [0.5, 0.6) is 11.5 Å². The van der Waals surface area contributed by atoms with Crippen LogP contribution in [0, 0.1) is 0 Å². The SMILES string of the molecule is CC(C)=CC[C@@H](OC(=O)/C=C/c1cccc(Cl)c1)C1=CC(=O)c2c(O)ccc(O)c2C1=O. The summed E-state index contributed by atoms with van der Waals surface area (Å²) < 4.78 is 5.51. The lowest BCUT2D eigenvalue weighted by molar-refractivity contribution is -0.140. The van der Waals surface area contributed by atoms with Crippen LogP contribution in [0.3, 0.4) is 0 Å². The van der Waals surface area contributed by atoms with Crippen molar-refractivity contribution in [2.75, 3.05) is 0 Å². The van der Waals surface area contributed by atoms with Gasteiger partial charge in [0.2, 0.25) is 0 Å².